The van der Waals surface area contributed by atoms with E-state index in [1.807, 2.05) is 30.6 Å². The highest BCUT2D eigenvalue weighted by atomic mass is 16.3. The minimum Gasteiger partial charge on any atom is -0.466 e. The fourth-order valence-electron chi connectivity index (χ4n) is 3.81. The molecule has 0 atom stereocenters. The molecular formula is C19H29N3O3. The van der Waals surface area contributed by atoms with Gasteiger partial charge in [0.15, 0.2) is 0 Å². The standard InChI is InChI=1S/C19H29N3O3/c1-14-15(2)25-16(3)18(14)19(24)22-11-9-20(10-12-22)13-17(23)21-7-5-4-6-8-21/h4-13H2,1-3H3. The molecule has 2 fully saturated rings. The van der Waals surface area contributed by atoms with Gasteiger partial charge in [0.05, 0.1) is 12.1 Å². The Bertz CT molecular complexity index is 639. The number of nitrogens with zero attached hydrogens (tertiary/aromatic N) is 3. The summed E-state index contributed by atoms with van der Waals surface area (Å²) in [4.78, 5) is 31.2. The minimum absolute atomic E-state index is 0.0499. The zero-order chi connectivity index (χ0) is 18.0. The Balaban J connectivity index is 1.53. The van der Waals surface area contributed by atoms with Gasteiger partial charge in [0.1, 0.15) is 11.5 Å². The van der Waals surface area contributed by atoms with Crippen molar-refractivity contribution in [2.75, 3.05) is 45.8 Å². The van der Waals surface area contributed by atoms with Gasteiger partial charge in [-0.1, -0.05) is 0 Å². The number of hydrogen-bond acceptors (Lipinski definition) is 4. The predicted molar refractivity (Wildman–Crippen MR) is 95.7 cm³/mol. The molecule has 0 aliphatic carbocycles. The molecular weight excluding hydrogens is 318 g/mol. The van der Waals surface area contributed by atoms with Crippen LogP contribution in [0.15, 0.2) is 4.42 Å². The normalized spacial score (nSPS) is 19.3. The van der Waals surface area contributed by atoms with E-state index in [4.69, 9.17) is 4.42 Å². The van der Waals surface area contributed by atoms with Crippen molar-refractivity contribution in [3.8, 4) is 0 Å². The van der Waals surface area contributed by atoms with Crippen molar-refractivity contribution in [1.29, 1.82) is 0 Å². The van der Waals surface area contributed by atoms with Gasteiger partial charge in [0.25, 0.3) is 5.91 Å². The van der Waals surface area contributed by atoms with Gasteiger partial charge in [0, 0.05) is 44.8 Å². The summed E-state index contributed by atoms with van der Waals surface area (Å²) in [5.74, 6) is 1.79. The largest absolute Gasteiger partial charge is 0.466 e. The Morgan fingerprint density at radius 1 is 0.840 bits per heavy atom. The number of likely N-dealkylation sites (tertiary alicyclic amines) is 1. The quantitative estimate of drug-likeness (QED) is 0.839. The van der Waals surface area contributed by atoms with Crippen molar-refractivity contribution in [2.24, 2.45) is 0 Å². The maximum atomic E-state index is 12.8. The Morgan fingerprint density at radius 2 is 1.48 bits per heavy atom. The number of aryl methyl sites for hydroxylation is 2. The number of furan rings is 1. The monoisotopic (exact) mass is 347 g/mol. The van der Waals surface area contributed by atoms with Gasteiger partial charge in [0.2, 0.25) is 5.91 Å². The van der Waals surface area contributed by atoms with E-state index in [1.54, 1.807) is 0 Å². The molecule has 25 heavy (non-hydrogen) atoms. The van der Waals surface area contributed by atoms with Gasteiger partial charge in [-0.15, -0.1) is 0 Å². The summed E-state index contributed by atoms with van der Waals surface area (Å²) in [6.45, 7) is 10.8. The average molecular weight is 347 g/mol. The second-order valence-corrected chi connectivity index (χ2v) is 7.22. The molecule has 3 rings (SSSR count). The Labute approximate surface area is 149 Å². The highest BCUT2D eigenvalue weighted by Crippen LogP contribution is 2.23. The van der Waals surface area contributed by atoms with Crippen LogP contribution in [0, 0.1) is 20.8 Å². The van der Waals surface area contributed by atoms with Gasteiger partial charge >= 0.3 is 0 Å². The van der Waals surface area contributed by atoms with Crippen molar-refractivity contribution in [1.82, 2.24) is 14.7 Å². The van der Waals surface area contributed by atoms with Gasteiger partial charge < -0.3 is 14.2 Å². The number of amides is 2. The van der Waals surface area contributed by atoms with Crippen LogP contribution in [0.3, 0.4) is 0 Å². The summed E-state index contributed by atoms with van der Waals surface area (Å²) in [5, 5.41) is 0. The van der Waals surface area contributed by atoms with Crippen LogP contribution >= 0.6 is 0 Å². The van der Waals surface area contributed by atoms with E-state index >= 15 is 0 Å². The molecule has 0 aromatic carbocycles. The molecule has 0 bridgehead atoms. The fourth-order valence-corrected chi connectivity index (χ4v) is 3.81. The molecule has 0 radical (unpaired) electrons. The first kappa shape index (κ1) is 18.0. The molecule has 0 saturated carbocycles. The molecule has 1 aromatic rings. The lowest BCUT2D eigenvalue weighted by Gasteiger charge is -2.36. The van der Waals surface area contributed by atoms with E-state index in [0.717, 1.165) is 50.3 Å². The molecule has 6 nitrogen and oxygen atoms in total. The Morgan fingerprint density at radius 3 is 2.04 bits per heavy atom. The van der Waals surface area contributed by atoms with Gasteiger partial charge in [-0.2, -0.15) is 0 Å². The highest BCUT2D eigenvalue weighted by molar-refractivity contribution is 5.97. The Hall–Kier alpha value is -1.82. The summed E-state index contributed by atoms with van der Waals surface area (Å²) in [7, 11) is 0. The zero-order valence-electron chi connectivity index (χ0n) is 15.6. The topological polar surface area (TPSA) is 57.0 Å². The van der Waals surface area contributed by atoms with E-state index in [2.05, 4.69) is 4.90 Å². The van der Waals surface area contributed by atoms with Crippen LogP contribution < -0.4 is 0 Å². The van der Waals surface area contributed by atoms with Gasteiger partial charge in [-0.05, 0) is 40.0 Å². The van der Waals surface area contributed by atoms with Crippen LogP contribution in [-0.4, -0.2) is 72.3 Å². The number of carbonyl (C=O) groups is 2. The van der Waals surface area contributed by atoms with Gasteiger partial charge in [-0.3, -0.25) is 14.5 Å². The van der Waals surface area contributed by atoms with Crippen molar-refractivity contribution in [2.45, 2.75) is 40.0 Å². The molecule has 2 saturated heterocycles. The summed E-state index contributed by atoms with van der Waals surface area (Å²) >= 11 is 0. The van der Waals surface area contributed by atoms with Crippen molar-refractivity contribution < 1.29 is 14.0 Å². The second kappa shape index (κ2) is 7.60. The smallest absolute Gasteiger partial charge is 0.257 e. The van der Waals surface area contributed by atoms with Gasteiger partial charge in [-0.25, -0.2) is 0 Å². The first-order chi connectivity index (χ1) is 12.0. The molecule has 0 unspecified atom stereocenters. The third kappa shape index (κ3) is 3.89. The predicted octanol–water partition coefficient (Wildman–Crippen LogP) is 1.98. The number of hydrogen-bond donors (Lipinski definition) is 0. The van der Waals surface area contributed by atoms with Crippen LogP contribution in [0.25, 0.3) is 0 Å². The summed E-state index contributed by atoms with van der Waals surface area (Å²) in [6.07, 6.45) is 3.48. The average Bonchev–Trinajstić information content (AvgIpc) is 2.88. The molecule has 2 aliphatic rings. The first-order valence-corrected chi connectivity index (χ1v) is 9.33. The molecule has 138 valence electrons. The van der Waals surface area contributed by atoms with Crippen molar-refractivity contribution in [3.05, 3.63) is 22.6 Å². The van der Waals surface area contributed by atoms with E-state index in [0.29, 0.717) is 31.0 Å². The van der Waals surface area contributed by atoms with Crippen LogP contribution in [0.1, 0.15) is 46.7 Å². The first-order valence-electron chi connectivity index (χ1n) is 9.33. The summed E-state index contributed by atoms with van der Waals surface area (Å²) in [6, 6.07) is 0. The zero-order valence-corrected chi connectivity index (χ0v) is 15.6. The summed E-state index contributed by atoms with van der Waals surface area (Å²) in [5.41, 5.74) is 1.64. The maximum absolute atomic E-state index is 12.8. The molecule has 2 aliphatic heterocycles. The van der Waals surface area contributed by atoms with Crippen LogP contribution in [-0.2, 0) is 4.79 Å². The number of rotatable bonds is 3. The molecule has 0 spiro atoms. The minimum atomic E-state index is 0.0499. The second-order valence-electron chi connectivity index (χ2n) is 7.22. The lowest BCUT2D eigenvalue weighted by atomic mass is 10.1. The van der Waals surface area contributed by atoms with Crippen LogP contribution in [0.4, 0.5) is 0 Å². The van der Waals surface area contributed by atoms with Crippen molar-refractivity contribution in [3.63, 3.8) is 0 Å². The molecule has 0 N–H and O–H groups in total. The van der Waals surface area contributed by atoms with E-state index < -0.39 is 0 Å². The molecule has 3 heterocycles. The van der Waals surface area contributed by atoms with Crippen LogP contribution in [0.5, 0.6) is 0 Å². The SMILES string of the molecule is Cc1oc(C)c(C(=O)N2CCN(CC(=O)N3CCCCC3)CC2)c1C. The summed E-state index contributed by atoms with van der Waals surface area (Å²) < 4.78 is 5.59. The lowest BCUT2D eigenvalue weighted by molar-refractivity contribution is -0.133. The van der Waals surface area contributed by atoms with Crippen molar-refractivity contribution >= 4 is 11.8 Å². The van der Waals surface area contributed by atoms with E-state index in [-0.39, 0.29) is 11.8 Å². The van der Waals surface area contributed by atoms with Crippen LogP contribution in [0.2, 0.25) is 0 Å². The van der Waals surface area contributed by atoms with E-state index in [1.165, 1.54) is 6.42 Å². The lowest BCUT2D eigenvalue weighted by Crippen LogP contribution is -2.52. The third-order valence-corrected chi connectivity index (χ3v) is 5.50. The third-order valence-electron chi connectivity index (χ3n) is 5.50. The number of carbonyl (C=O) groups excluding carboxylic acids is 2. The molecule has 2 amide bonds. The fraction of sp³-hybridized carbons (Fsp3) is 0.684. The van der Waals surface area contributed by atoms with E-state index in [9.17, 15) is 9.59 Å². The highest BCUT2D eigenvalue weighted by Gasteiger charge is 2.28. The Kier molecular flexibility index (Phi) is 5.47. The molecule has 1 aromatic heterocycles. The molecule has 6 heteroatoms. The number of piperazine rings is 1. The maximum Gasteiger partial charge on any atom is 0.257 e. The number of piperidine rings is 1.